The zero-order valence-electron chi connectivity index (χ0n) is 10.7. The number of ether oxygens (including phenoxy) is 1. The molecule has 4 nitrogen and oxygen atoms in total. The highest BCUT2D eigenvalue weighted by molar-refractivity contribution is 9.10. The van der Waals surface area contributed by atoms with Crippen molar-refractivity contribution in [3.8, 4) is 0 Å². The Hall–Kier alpha value is -1.85. The van der Waals surface area contributed by atoms with Gasteiger partial charge in [-0.25, -0.2) is 4.98 Å². The number of hydrogen-bond acceptors (Lipinski definition) is 4. The number of rotatable bonds is 4. The van der Waals surface area contributed by atoms with E-state index in [2.05, 4.69) is 20.9 Å². The van der Waals surface area contributed by atoms with Crippen LogP contribution in [0.5, 0.6) is 0 Å². The molecule has 0 spiro atoms. The second-order valence-corrected chi connectivity index (χ2v) is 5.37. The van der Waals surface area contributed by atoms with Gasteiger partial charge in [0, 0.05) is 10.2 Å². The standard InChI is InChI=1S/C15H13BrN2O2/c16-11-3-1-10(2-4-11)8-19-9-15-18-13-7-12(17)5-6-14(13)20-15/h1-7H,8-9,17H2. The average Bonchev–Trinajstić information content (AvgIpc) is 2.83. The van der Waals surface area contributed by atoms with Crippen molar-refractivity contribution in [3.63, 3.8) is 0 Å². The molecule has 20 heavy (non-hydrogen) atoms. The van der Waals surface area contributed by atoms with Crippen molar-refractivity contribution in [2.24, 2.45) is 0 Å². The first-order chi connectivity index (χ1) is 9.70. The number of oxazole rings is 1. The maximum Gasteiger partial charge on any atom is 0.221 e. The summed E-state index contributed by atoms with van der Waals surface area (Å²) in [5.74, 6) is 0.558. The number of halogens is 1. The quantitative estimate of drug-likeness (QED) is 0.736. The lowest BCUT2D eigenvalue weighted by molar-refractivity contribution is 0.0907. The van der Waals surface area contributed by atoms with Crippen molar-refractivity contribution >= 4 is 32.7 Å². The first-order valence-electron chi connectivity index (χ1n) is 6.18. The predicted octanol–water partition coefficient (Wildman–Crippen LogP) is 3.89. The number of anilines is 1. The molecule has 0 amide bonds. The highest BCUT2D eigenvalue weighted by atomic mass is 79.9. The lowest BCUT2D eigenvalue weighted by Crippen LogP contribution is -1.94. The van der Waals surface area contributed by atoms with Crippen LogP contribution >= 0.6 is 15.9 Å². The second kappa shape index (κ2) is 5.64. The maximum absolute atomic E-state index is 5.70. The highest BCUT2D eigenvalue weighted by Gasteiger charge is 2.06. The molecule has 0 unspecified atom stereocenters. The molecule has 0 radical (unpaired) electrons. The van der Waals surface area contributed by atoms with Gasteiger partial charge in [0.15, 0.2) is 5.58 Å². The molecule has 3 rings (SSSR count). The Morgan fingerprint density at radius 1 is 1.10 bits per heavy atom. The number of nitrogens with zero attached hydrogens (tertiary/aromatic N) is 1. The maximum atomic E-state index is 5.70. The van der Waals surface area contributed by atoms with E-state index in [1.165, 1.54) is 0 Å². The van der Waals surface area contributed by atoms with Crippen molar-refractivity contribution in [1.82, 2.24) is 4.98 Å². The van der Waals surface area contributed by atoms with Crippen molar-refractivity contribution < 1.29 is 9.15 Å². The van der Waals surface area contributed by atoms with Crippen LogP contribution in [-0.4, -0.2) is 4.98 Å². The smallest absolute Gasteiger partial charge is 0.221 e. The second-order valence-electron chi connectivity index (χ2n) is 4.45. The van der Waals surface area contributed by atoms with E-state index in [1.54, 1.807) is 12.1 Å². The minimum atomic E-state index is 0.338. The summed E-state index contributed by atoms with van der Waals surface area (Å²) >= 11 is 3.40. The molecule has 0 aliphatic carbocycles. The molecule has 1 aromatic heterocycles. The summed E-state index contributed by atoms with van der Waals surface area (Å²) in [6, 6.07) is 13.4. The first-order valence-corrected chi connectivity index (χ1v) is 6.97. The van der Waals surface area contributed by atoms with Gasteiger partial charge in [-0.05, 0) is 35.9 Å². The van der Waals surface area contributed by atoms with Gasteiger partial charge >= 0.3 is 0 Å². The van der Waals surface area contributed by atoms with E-state index in [-0.39, 0.29) is 0 Å². The highest BCUT2D eigenvalue weighted by Crippen LogP contribution is 2.19. The SMILES string of the molecule is Nc1ccc2oc(COCc3ccc(Br)cc3)nc2c1. The Labute approximate surface area is 124 Å². The van der Waals surface area contributed by atoms with E-state index in [0.29, 0.717) is 24.8 Å². The van der Waals surface area contributed by atoms with E-state index in [9.17, 15) is 0 Å². The molecule has 2 aromatic carbocycles. The fourth-order valence-corrected chi connectivity index (χ4v) is 2.16. The van der Waals surface area contributed by atoms with E-state index in [4.69, 9.17) is 14.9 Å². The van der Waals surface area contributed by atoms with E-state index < -0.39 is 0 Å². The van der Waals surface area contributed by atoms with Crippen molar-refractivity contribution in [2.75, 3.05) is 5.73 Å². The molecule has 0 fully saturated rings. The largest absolute Gasteiger partial charge is 0.438 e. The van der Waals surface area contributed by atoms with Crippen LogP contribution in [0.2, 0.25) is 0 Å². The average molecular weight is 333 g/mol. The van der Waals surface area contributed by atoms with Crippen LogP contribution in [0.1, 0.15) is 11.5 Å². The molecule has 0 aliphatic rings. The molecule has 102 valence electrons. The summed E-state index contributed by atoms with van der Waals surface area (Å²) < 4.78 is 12.2. The van der Waals surface area contributed by atoms with Crippen LogP contribution in [0, 0.1) is 0 Å². The monoisotopic (exact) mass is 332 g/mol. The molecule has 1 heterocycles. The molecule has 0 atom stereocenters. The Morgan fingerprint density at radius 3 is 2.70 bits per heavy atom. The summed E-state index contributed by atoms with van der Waals surface area (Å²) in [6.45, 7) is 0.860. The normalized spacial score (nSPS) is 11.1. The van der Waals surface area contributed by atoms with Gasteiger partial charge in [0.1, 0.15) is 12.1 Å². The van der Waals surface area contributed by atoms with Crippen molar-refractivity contribution in [3.05, 3.63) is 58.4 Å². The third-order valence-corrected chi connectivity index (χ3v) is 3.39. The molecular formula is C15H13BrN2O2. The zero-order valence-corrected chi connectivity index (χ0v) is 12.3. The van der Waals surface area contributed by atoms with Crippen LogP contribution in [0.25, 0.3) is 11.1 Å². The van der Waals surface area contributed by atoms with Gasteiger partial charge in [0.2, 0.25) is 5.89 Å². The van der Waals surface area contributed by atoms with Gasteiger partial charge in [-0.1, -0.05) is 28.1 Å². The summed E-state index contributed by atoms with van der Waals surface area (Å²) in [5, 5.41) is 0. The van der Waals surface area contributed by atoms with E-state index in [1.807, 2.05) is 30.3 Å². The third-order valence-electron chi connectivity index (χ3n) is 2.86. The van der Waals surface area contributed by atoms with Crippen LogP contribution in [0.3, 0.4) is 0 Å². The molecule has 0 bridgehead atoms. The summed E-state index contributed by atoms with van der Waals surface area (Å²) in [6.07, 6.45) is 0. The Bertz CT molecular complexity index is 722. The van der Waals surface area contributed by atoms with Crippen molar-refractivity contribution in [2.45, 2.75) is 13.2 Å². The Balaban J connectivity index is 1.63. The first kappa shape index (κ1) is 13.1. The minimum absolute atomic E-state index is 0.338. The molecule has 0 saturated heterocycles. The fourth-order valence-electron chi connectivity index (χ4n) is 1.89. The minimum Gasteiger partial charge on any atom is -0.438 e. The van der Waals surface area contributed by atoms with Gasteiger partial charge in [0.05, 0.1) is 6.61 Å². The summed E-state index contributed by atoms with van der Waals surface area (Å²) in [4.78, 5) is 4.34. The van der Waals surface area contributed by atoms with Gasteiger partial charge in [-0.3, -0.25) is 0 Å². The molecule has 2 N–H and O–H groups in total. The number of hydrogen-bond donors (Lipinski definition) is 1. The lowest BCUT2D eigenvalue weighted by atomic mass is 10.2. The van der Waals surface area contributed by atoms with Crippen LogP contribution < -0.4 is 5.73 Å². The third kappa shape index (κ3) is 3.00. The van der Waals surface area contributed by atoms with Crippen LogP contribution in [-0.2, 0) is 18.0 Å². The number of benzene rings is 2. The molecule has 3 aromatic rings. The molecular weight excluding hydrogens is 320 g/mol. The number of fused-ring (bicyclic) bond motifs is 1. The molecule has 5 heteroatoms. The van der Waals surface area contributed by atoms with Gasteiger partial charge in [-0.2, -0.15) is 0 Å². The van der Waals surface area contributed by atoms with Gasteiger partial charge in [0.25, 0.3) is 0 Å². The summed E-state index contributed by atoms with van der Waals surface area (Å²) in [5.41, 5.74) is 8.96. The Kier molecular flexibility index (Phi) is 3.71. The number of nitrogen functional groups attached to an aromatic ring is 1. The van der Waals surface area contributed by atoms with Gasteiger partial charge < -0.3 is 14.9 Å². The fraction of sp³-hybridized carbons (Fsp3) is 0.133. The molecule has 0 saturated carbocycles. The van der Waals surface area contributed by atoms with E-state index in [0.717, 1.165) is 21.1 Å². The predicted molar refractivity (Wildman–Crippen MR) is 81.1 cm³/mol. The zero-order chi connectivity index (χ0) is 13.9. The lowest BCUT2D eigenvalue weighted by Gasteiger charge is -2.01. The Morgan fingerprint density at radius 2 is 1.90 bits per heavy atom. The van der Waals surface area contributed by atoms with Gasteiger partial charge in [-0.15, -0.1) is 0 Å². The topological polar surface area (TPSA) is 61.3 Å². The van der Waals surface area contributed by atoms with Crippen LogP contribution in [0.4, 0.5) is 5.69 Å². The number of nitrogens with two attached hydrogens (primary N) is 1. The summed E-state index contributed by atoms with van der Waals surface area (Å²) in [7, 11) is 0. The van der Waals surface area contributed by atoms with E-state index >= 15 is 0 Å². The molecule has 0 aliphatic heterocycles. The number of aromatic nitrogens is 1. The van der Waals surface area contributed by atoms with Crippen LogP contribution in [0.15, 0.2) is 51.4 Å². The van der Waals surface area contributed by atoms with Crippen molar-refractivity contribution in [1.29, 1.82) is 0 Å².